The van der Waals surface area contributed by atoms with Crippen molar-refractivity contribution in [1.82, 2.24) is 10.7 Å². The Kier molecular flexibility index (Phi) is 5.52. The Morgan fingerprint density at radius 3 is 3.19 bits per heavy atom. The van der Waals surface area contributed by atoms with E-state index in [0.29, 0.717) is 17.5 Å². The molecule has 6 heteroatoms. The molecular weight excluding hydrogens is 226 g/mol. The first-order valence-electron chi connectivity index (χ1n) is 4.84. The maximum absolute atomic E-state index is 5.06. The second-order valence-corrected chi connectivity index (χ2v) is 3.62. The van der Waals surface area contributed by atoms with E-state index in [1.165, 1.54) is 0 Å². The number of nitrogens with one attached hydrogen (secondary N) is 2. The molecule has 1 heterocycles. The van der Waals surface area contributed by atoms with Crippen LogP contribution in [0.4, 0.5) is 0 Å². The molecule has 1 aromatic rings. The number of furan rings is 1. The third kappa shape index (κ3) is 4.90. The summed E-state index contributed by atoms with van der Waals surface area (Å²) in [5.41, 5.74) is 2.68. The van der Waals surface area contributed by atoms with Gasteiger partial charge >= 0.3 is 0 Å². The lowest BCUT2D eigenvalue weighted by atomic mass is 10.4. The number of methoxy groups -OCH3 is 1. The van der Waals surface area contributed by atoms with Gasteiger partial charge in [0.15, 0.2) is 5.11 Å². The third-order valence-electron chi connectivity index (χ3n) is 1.70. The van der Waals surface area contributed by atoms with Gasteiger partial charge < -0.3 is 14.5 Å². The van der Waals surface area contributed by atoms with Crippen molar-refractivity contribution in [2.75, 3.05) is 13.7 Å². The van der Waals surface area contributed by atoms with Crippen molar-refractivity contribution < 1.29 is 9.15 Å². The molecule has 1 rings (SSSR count). The summed E-state index contributed by atoms with van der Waals surface area (Å²) in [5.74, 6) is 0.667. The zero-order chi connectivity index (χ0) is 11.8. The van der Waals surface area contributed by atoms with Crippen molar-refractivity contribution in [2.45, 2.75) is 13.0 Å². The predicted octanol–water partition coefficient (Wildman–Crippen LogP) is 1.11. The molecule has 0 spiro atoms. The SMILES string of the molecule is COC[C@@H](C)NC(=S)N/N=C\c1ccco1. The number of ether oxygens (including phenoxy) is 1. The van der Waals surface area contributed by atoms with E-state index in [-0.39, 0.29) is 6.04 Å². The van der Waals surface area contributed by atoms with Crippen molar-refractivity contribution in [3.05, 3.63) is 24.2 Å². The fourth-order valence-electron chi connectivity index (χ4n) is 1.07. The van der Waals surface area contributed by atoms with Crippen molar-refractivity contribution in [3.63, 3.8) is 0 Å². The Hall–Kier alpha value is -1.40. The molecule has 88 valence electrons. The number of nitrogens with zero attached hydrogens (tertiary/aromatic N) is 1. The zero-order valence-corrected chi connectivity index (χ0v) is 10.1. The first-order chi connectivity index (χ1) is 7.72. The summed E-state index contributed by atoms with van der Waals surface area (Å²) in [5, 5.41) is 7.38. The summed E-state index contributed by atoms with van der Waals surface area (Å²) < 4.78 is 10.0. The average Bonchev–Trinajstić information content (AvgIpc) is 2.70. The van der Waals surface area contributed by atoms with E-state index >= 15 is 0 Å². The van der Waals surface area contributed by atoms with Gasteiger partial charge in [-0.1, -0.05) is 0 Å². The van der Waals surface area contributed by atoms with Crippen LogP contribution < -0.4 is 10.7 Å². The third-order valence-corrected chi connectivity index (χ3v) is 1.90. The molecule has 0 unspecified atom stereocenters. The van der Waals surface area contributed by atoms with Gasteiger partial charge in [-0.15, -0.1) is 0 Å². The van der Waals surface area contributed by atoms with Gasteiger partial charge in [-0.25, -0.2) is 0 Å². The van der Waals surface area contributed by atoms with Crippen LogP contribution in [0.5, 0.6) is 0 Å². The van der Waals surface area contributed by atoms with E-state index in [2.05, 4.69) is 15.8 Å². The lowest BCUT2D eigenvalue weighted by molar-refractivity contribution is 0.179. The minimum Gasteiger partial charge on any atom is -0.463 e. The van der Waals surface area contributed by atoms with Crippen LogP contribution in [0.2, 0.25) is 0 Å². The van der Waals surface area contributed by atoms with E-state index in [1.807, 2.05) is 6.92 Å². The Morgan fingerprint density at radius 2 is 2.56 bits per heavy atom. The first kappa shape index (κ1) is 12.7. The quantitative estimate of drug-likeness (QED) is 0.459. The largest absolute Gasteiger partial charge is 0.463 e. The molecular formula is C10H15N3O2S. The lowest BCUT2D eigenvalue weighted by Crippen LogP contribution is -2.40. The van der Waals surface area contributed by atoms with E-state index in [4.69, 9.17) is 21.4 Å². The minimum absolute atomic E-state index is 0.142. The number of hydrogen-bond acceptors (Lipinski definition) is 4. The normalized spacial score (nSPS) is 12.6. The molecule has 0 aliphatic rings. The van der Waals surface area contributed by atoms with Gasteiger partial charge in [-0.3, -0.25) is 5.43 Å². The lowest BCUT2D eigenvalue weighted by Gasteiger charge is -2.13. The fourth-order valence-corrected chi connectivity index (χ4v) is 1.32. The van der Waals surface area contributed by atoms with Crippen molar-refractivity contribution in [3.8, 4) is 0 Å². The van der Waals surface area contributed by atoms with E-state index in [0.717, 1.165) is 0 Å². The average molecular weight is 241 g/mol. The molecule has 0 aliphatic carbocycles. The molecule has 0 radical (unpaired) electrons. The topological polar surface area (TPSA) is 58.8 Å². The second kappa shape index (κ2) is 6.97. The summed E-state index contributed by atoms with van der Waals surface area (Å²) >= 11 is 5.02. The predicted molar refractivity (Wildman–Crippen MR) is 66.5 cm³/mol. The molecule has 0 aliphatic heterocycles. The van der Waals surface area contributed by atoms with Crippen molar-refractivity contribution in [1.29, 1.82) is 0 Å². The zero-order valence-electron chi connectivity index (χ0n) is 9.27. The summed E-state index contributed by atoms with van der Waals surface area (Å²) in [6.45, 7) is 2.55. The van der Waals surface area contributed by atoms with Gasteiger partial charge in [0.05, 0.1) is 19.1 Å². The highest BCUT2D eigenvalue weighted by Crippen LogP contribution is 1.94. The van der Waals surface area contributed by atoms with E-state index in [1.54, 1.807) is 31.7 Å². The summed E-state index contributed by atoms with van der Waals surface area (Å²) in [6.07, 6.45) is 3.13. The molecule has 0 bridgehead atoms. The van der Waals surface area contributed by atoms with Gasteiger partial charge in [-0.05, 0) is 31.3 Å². The van der Waals surface area contributed by atoms with Crippen LogP contribution >= 0.6 is 12.2 Å². The molecule has 16 heavy (non-hydrogen) atoms. The highest BCUT2D eigenvalue weighted by atomic mass is 32.1. The van der Waals surface area contributed by atoms with Crippen LogP contribution in [-0.4, -0.2) is 31.1 Å². The fraction of sp³-hybridized carbons (Fsp3) is 0.400. The van der Waals surface area contributed by atoms with Crippen LogP contribution in [0.1, 0.15) is 12.7 Å². The molecule has 0 saturated heterocycles. The van der Waals surface area contributed by atoms with Gasteiger partial charge in [-0.2, -0.15) is 5.10 Å². The Labute approximate surface area is 99.9 Å². The highest BCUT2D eigenvalue weighted by Gasteiger charge is 2.01. The molecule has 2 N–H and O–H groups in total. The standard InChI is InChI=1S/C10H15N3O2S/c1-8(7-14-2)12-10(16)13-11-6-9-4-3-5-15-9/h3-6,8H,7H2,1-2H3,(H2,12,13,16)/b11-6-/t8-/m1/s1. The van der Waals surface area contributed by atoms with Gasteiger partial charge in [0.2, 0.25) is 0 Å². The number of hydrazone groups is 1. The van der Waals surface area contributed by atoms with Gasteiger partial charge in [0, 0.05) is 13.2 Å². The van der Waals surface area contributed by atoms with Crippen LogP contribution in [0.25, 0.3) is 0 Å². The van der Waals surface area contributed by atoms with Crippen LogP contribution in [-0.2, 0) is 4.74 Å². The molecule has 5 nitrogen and oxygen atoms in total. The number of thiocarbonyl (C=S) groups is 1. The maximum Gasteiger partial charge on any atom is 0.187 e. The Bertz CT molecular complexity index is 338. The maximum atomic E-state index is 5.06. The summed E-state index contributed by atoms with van der Waals surface area (Å²) in [4.78, 5) is 0. The van der Waals surface area contributed by atoms with Gasteiger partial charge in [0.1, 0.15) is 5.76 Å². The Morgan fingerprint density at radius 1 is 1.75 bits per heavy atom. The summed E-state index contributed by atoms with van der Waals surface area (Å²) in [6, 6.07) is 3.73. The van der Waals surface area contributed by atoms with E-state index < -0.39 is 0 Å². The molecule has 0 aromatic carbocycles. The van der Waals surface area contributed by atoms with Crippen molar-refractivity contribution in [2.24, 2.45) is 5.10 Å². The molecule has 0 saturated carbocycles. The van der Waals surface area contributed by atoms with Crippen LogP contribution in [0, 0.1) is 0 Å². The monoisotopic (exact) mass is 241 g/mol. The number of hydrogen-bond donors (Lipinski definition) is 2. The summed E-state index contributed by atoms with van der Waals surface area (Å²) in [7, 11) is 1.64. The first-order valence-corrected chi connectivity index (χ1v) is 5.25. The second-order valence-electron chi connectivity index (χ2n) is 3.22. The minimum atomic E-state index is 0.142. The molecule has 0 fully saturated rings. The van der Waals surface area contributed by atoms with Gasteiger partial charge in [0.25, 0.3) is 0 Å². The smallest absolute Gasteiger partial charge is 0.187 e. The highest BCUT2D eigenvalue weighted by molar-refractivity contribution is 7.80. The van der Waals surface area contributed by atoms with Crippen molar-refractivity contribution >= 4 is 23.5 Å². The Balaban J connectivity index is 2.25. The molecule has 1 atom stereocenters. The van der Waals surface area contributed by atoms with Crippen LogP contribution in [0.3, 0.4) is 0 Å². The van der Waals surface area contributed by atoms with Crippen LogP contribution in [0.15, 0.2) is 27.9 Å². The molecule has 0 amide bonds. The molecule has 1 aromatic heterocycles. The number of rotatable bonds is 5. The van der Waals surface area contributed by atoms with E-state index in [9.17, 15) is 0 Å².